The molecule has 2 aromatic rings. The summed E-state index contributed by atoms with van der Waals surface area (Å²) in [5, 5.41) is 0. The first-order chi connectivity index (χ1) is 7.79. The molecule has 0 bridgehead atoms. The van der Waals surface area contributed by atoms with Crippen LogP contribution < -0.4 is 4.90 Å². The average Bonchev–Trinajstić information content (AvgIpc) is 2.36. The second kappa shape index (κ2) is 3.68. The van der Waals surface area contributed by atoms with Crippen LogP contribution in [0, 0.1) is 0 Å². The molecule has 16 heavy (non-hydrogen) atoms. The van der Waals surface area contributed by atoms with Gasteiger partial charge < -0.3 is 4.90 Å². The molecule has 80 valence electrons. The number of benzene rings is 2. The van der Waals surface area contributed by atoms with Gasteiger partial charge in [0, 0.05) is 16.8 Å². The number of para-hydroxylation sites is 2. The van der Waals surface area contributed by atoms with E-state index in [4.69, 9.17) is 11.2 Å². The predicted octanol–water partition coefficient (Wildman–Crippen LogP) is 3.27. The van der Waals surface area contributed by atoms with Crippen molar-refractivity contribution in [3.8, 4) is 0 Å². The summed E-state index contributed by atoms with van der Waals surface area (Å²) in [6, 6.07) is 16.8. The molecule has 0 radical (unpaired) electrons. The molecule has 0 fully saturated rings. The molecule has 3 rings (SSSR count). The van der Waals surface area contributed by atoms with Crippen LogP contribution in [0.3, 0.4) is 0 Å². The molecular weight excluding hydrogens is 234 g/mol. The van der Waals surface area contributed by atoms with Gasteiger partial charge in [-0.05, 0) is 35.5 Å². The van der Waals surface area contributed by atoms with Crippen molar-refractivity contribution in [3.05, 3.63) is 48.5 Å². The van der Waals surface area contributed by atoms with E-state index in [2.05, 4.69) is 60.5 Å². The van der Waals surface area contributed by atoms with E-state index in [1.165, 1.54) is 21.2 Å². The van der Waals surface area contributed by atoms with Gasteiger partial charge in [-0.25, -0.2) is 0 Å². The summed E-state index contributed by atoms with van der Waals surface area (Å²) in [6.45, 7) is 0. The molecule has 0 saturated carbocycles. The second-order valence-electron chi connectivity index (χ2n) is 3.76. The second-order valence-corrected chi connectivity index (χ2v) is 6.18. The van der Waals surface area contributed by atoms with Crippen molar-refractivity contribution in [2.24, 2.45) is 0 Å². The van der Waals surface area contributed by atoms with Crippen molar-refractivity contribution < 1.29 is 0 Å². The molecule has 1 aliphatic rings. The molecule has 0 saturated heterocycles. The summed E-state index contributed by atoms with van der Waals surface area (Å²) < 4.78 is 0. The Bertz CT molecular complexity index is 528. The van der Waals surface area contributed by atoms with Crippen LogP contribution in [0.1, 0.15) is 0 Å². The topological polar surface area (TPSA) is 3.24 Å². The molecule has 2 aromatic carbocycles. The Kier molecular flexibility index (Phi) is 2.30. The lowest BCUT2D eigenvalue weighted by molar-refractivity contribution is 1.11. The van der Waals surface area contributed by atoms with Crippen molar-refractivity contribution >= 4 is 32.0 Å². The largest absolute Gasteiger partial charge is 0.343 e. The molecule has 0 aromatic heterocycles. The summed E-state index contributed by atoms with van der Waals surface area (Å²) in [4.78, 5) is 4.75. The summed E-state index contributed by atoms with van der Waals surface area (Å²) in [6.07, 6.45) is 0. The van der Waals surface area contributed by atoms with Crippen molar-refractivity contribution in [2.75, 3.05) is 11.9 Å². The molecule has 0 amide bonds. The fourth-order valence-corrected chi connectivity index (χ4v) is 4.31. The Labute approximate surface area is 102 Å². The van der Waals surface area contributed by atoms with E-state index in [9.17, 15) is 0 Å². The predicted molar refractivity (Wildman–Crippen MR) is 72.2 cm³/mol. The van der Waals surface area contributed by atoms with Crippen LogP contribution >= 0.6 is 0 Å². The van der Waals surface area contributed by atoms with Gasteiger partial charge in [0.25, 0.3) is 0 Å². The monoisotopic (exact) mass is 245 g/mol. The van der Waals surface area contributed by atoms with Gasteiger partial charge in [0.05, 0.1) is 11.4 Å². The van der Waals surface area contributed by atoms with Crippen LogP contribution in [-0.4, -0.2) is 7.05 Å². The van der Waals surface area contributed by atoms with Crippen molar-refractivity contribution in [3.63, 3.8) is 0 Å². The number of hydrogen-bond donors (Lipinski definition) is 0. The number of fused-ring (bicyclic) bond motifs is 2. The molecule has 0 spiro atoms. The lowest BCUT2D eigenvalue weighted by Crippen LogP contribution is -2.18. The zero-order valence-electron chi connectivity index (χ0n) is 8.88. The maximum Gasteiger partial charge on any atom is 0.0553 e. The maximum absolute atomic E-state index is 5.65. The van der Waals surface area contributed by atoms with E-state index >= 15 is 0 Å². The van der Waals surface area contributed by atoms with Gasteiger partial charge in [0.15, 0.2) is 0 Å². The SMILES string of the molecule is CN1c2ccccc2S(=S)c2ccccc21. The molecule has 3 heteroatoms. The van der Waals surface area contributed by atoms with Gasteiger partial charge in [0.2, 0.25) is 0 Å². The molecule has 0 N–H and O–H groups in total. The Balaban J connectivity index is 2.30. The van der Waals surface area contributed by atoms with Crippen molar-refractivity contribution in [1.82, 2.24) is 0 Å². The highest BCUT2D eigenvalue weighted by atomic mass is 32.8. The van der Waals surface area contributed by atoms with Gasteiger partial charge in [-0.3, -0.25) is 0 Å². The van der Waals surface area contributed by atoms with E-state index in [-0.39, 0.29) is 9.45 Å². The Hall–Kier alpha value is -1.19. The highest BCUT2D eigenvalue weighted by Crippen LogP contribution is 2.40. The minimum absolute atomic E-state index is 0.219. The summed E-state index contributed by atoms with van der Waals surface area (Å²) >= 11 is 5.65. The third-order valence-electron chi connectivity index (χ3n) is 2.85. The lowest BCUT2D eigenvalue weighted by atomic mass is 10.2. The zero-order valence-corrected chi connectivity index (χ0v) is 10.5. The zero-order chi connectivity index (χ0) is 11.1. The smallest absolute Gasteiger partial charge is 0.0553 e. The molecular formula is C13H11NS2. The van der Waals surface area contributed by atoms with Gasteiger partial charge in [-0.1, -0.05) is 33.7 Å². The van der Waals surface area contributed by atoms with Crippen molar-refractivity contribution in [1.29, 1.82) is 0 Å². The highest BCUT2D eigenvalue weighted by molar-refractivity contribution is 8.29. The van der Waals surface area contributed by atoms with Crippen LogP contribution in [-0.2, 0) is 20.6 Å². The normalized spacial score (nSPS) is 14.4. The van der Waals surface area contributed by atoms with E-state index < -0.39 is 0 Å². The molecule has 1 aliphatic heterocycles. The number of nitrogens with zero attached hydrogens (tertiary/aromatic N) is 1. The third-order valence-corrected chi connectivity index (χ3v) is 5.42. The van der Waals surface area contributed by atoms with Crippen LogP contribution in [0.4, 0.5) is 11.4 Å². The third kappa shape index (κ3) is 1.32. The minimum Gasteiger partial charge on any atom is -0.343 e. The first kappa shape index (κ1) is 10.00. The fourth-order valence-electron chi connectivity index (χ4n) is 2.03. The molecule has 0 unspecified atom stereocenters. The Morgan fingerprint density at radius 3 is 1.81 bits per heavy atom. The first-order valence-corrected chi connectivity index (χ1v) is 7.27. The fraction of sp³-hybridized carbons (Fsp3) is 0.0769. The number of rotatable bonds is 0. The van der Waals surface area contributed by atoms with E-state index in [1.54, 1.807) is 0 Å². The molecule has 0 aliphatic carbocycles. The van der Waals surface area contributed by atoms with Crippen LogP contribution in [0.5, 0.6) is 0 Å². The van der Waals surface area contributed by atoms with E-state index in [0.29, 0.717) is 0 Å². The molecule has 1 nitrogen and oxygen atoms in total. The van der Waals surface area contributed by atoms with Crippen LogP contribution in [0.2, 0.25) is 0 Å². The first-order valence-electron chi connectivity index (χ1n) is 5.12. The van der Waals surface area contributed by atoms with Gasteiger partial charge >= 0.3 is 0 Å². The minimum atomic E-state index is -0.219. The lowest BCUT2D eigenvalue weighted by Gasteiger charge is -2.30. The van der Waals surface area contributed by atoms with Gasteiger partial charge in [-0.15, -0.1) is 0 Å². The summed E-state index contributed by atoms with van der Waals surface area (Å²) in [7, 11) is 1.88. The summed E-state index contributed by atoms with van der Waals surface area (Å²) in [5.41, 5.74) is 2.47. The molecule has 0 atom stereocenters. The van der Waals surface area contributed by atoms with Crippen LogP contribution in [0.25, 0.3) is 0 Å². The van der Waals surface area contributed by atoms with Crippen LogP contribution in [0.15, 0.2) is 58.3 Å². The Morgan fingerprint density at radius 2 is 1.31 bits per heavy atom. The number of anilines is 2. The number of hydrogen-bond acceptors (Lipinski definition) is 2. The maximum atomic E-state index is 5.65. The Morgan fingerprint density at radius 1 is 0.875 bits per heavy atom. The standard InChI is InChI=1S/C13H11NS2/c1-14-10-6-2-4-8-12(10)16(15)13-9-5-3-7-11(13)14/h2-9H,1H3. The average molecular weight is 245 g/mol. The van der Waals surface area contributed by atoms with Crippen molar-refractivity contribution in [2.45, 2.75) is 9.79 Å². The highest BCUT2D eigenvalue weighted by Gasteiger charge is 2.21. The van der Waals surface area contributed by atoms with E-state index in [0.717, 1.165) is 0 Å². The van der Waals surface area contributed by atoms with E-state index in [1.807, 2.05) is 0 Å². The molecule has 1 heterocycles. The van der Waals surface area contributed by atoms with Gasteiger partial charge in [0.1, 0.15) is 0 Å². The quantitative estimate of drug-likeness (QED) is 0.701. The van der Waals surface area contributed by atoms with Gasteiger partial charge in [-0.2, -0.15) is 0 Å². The summed E-state index contributed by atoms with van der Waals surface area (Å²) in [5.74, 6) is 0.